The molecular formula is C9H16BrF. The van der Waals surface area contributed by atoms with Crippen LogP contribution in [0, 0.1) is 0 Å². The van der Waals surface area contributed by atoms with Gasteiger partial charge in [-0.2, -0.15) is 0 Å². The van der Waals surface area contributed by atoms with E-state index in [0.717, 1.165) is 12.8 Å². The minimum atomic E-state index is 0.0259. The van der Waals surface area contributed by atoms with Crippen molar-refractivity contribution in [3.63, 3.8) is 0 Å². The van der Waals surface area contributed by atoms with Crippen molar-refractivity contribution in [1.29, 1.82) is 0 Å². The monoisotopic (exact) mass is 222 g/mol. The zero-order chi connectivity index (χ0) is 8.53. The van der Waals surface area contributed by atoms with Crippen LogP contribution in [0.4, 0.5) is 4.39 Å². The Morgan fingerprint density at radius 2 is 2.09 bits per heavy atom. The predicted octanol–water partition coefficient (Wildman–Crippen LogP) is 4.21. The van der Waals surface area contributed by atoms with Gasteiger partial charge in [0.2, 0.25) is 0 Å². The third kappa shape index (κ3) is 8.05. The van der Waals surface area contributed by atoms with Crippen molar-refractivity contribution in [2.75, 3.05) is 5.33 Å². The Morgan fingerprint density at radius 1 is 1.36 bits per heavy atom. The van der Waals surface area contributed by atoms with E-state index in [1.54, 1.807) is 6.08 Å². The van der Waals surface area contributed by atoms with Crippen LogP contribution < -0.4 is 0 Å². The second kappa shape index (κ2) is 8.25. The van der Waals surface area contributed by atoms with Crippen LogP contribution in [0.2, 0.25) is 0 Å². The van der Waals surface area contributed by atoms with Gasteiger partial charge in [-0.25, -0.2) is 4.39 Å². The van der Waals surface area contributed by atoms with E-state index in [4.69, 9.17) is 0 Å². The van der Waals surface area contributed by atoms with Gasteiger partial charge in [0, 0.05) is 5.33 Å². The fourth-order valence-electron chi connectivity index (χ4n) is 0.906. The third-order valence-corrected chi connectivity index (χ3v) is 1.89. The largest absolute Gasteiger partial charge is 0.212 e. The predicted molar refractivity (Wildman–Crippen MR) is 51.7 cm³/mol. The Labute approximate surface area is 77.0 Å². The summed E-state index contributed by atoms with van der Waals surface area (Å²) in [4.78, 5) is 0. The molecule has 0 rings (SSSR count). The molecule has 0 atom stereocenters. The molecule has 0 aromatic rings. The van der Waals surface area contributed by atoms with E-state index in [1.807, 2.05) is 0 Å². The van der Waals surface area contributed by atoms with Gasteiger partial charge in [-0.3, -0.25) is 0 Å². The molecule has 0 heterocycles. The summed E-state index contributed by atoms with van der Waals surface area (Å²) in [6.07, 6.45) is 6.78. The SMILES string of the molecule is CCCCCCC(F)=CCBr. The molecule has 0 aliphatic rings. The fourth-order valence-corrected chi connectivity index (χ4v) is 1.26. The highest BCUT2D eigenvalue weighted by molar-refractivity contribution is 9.09. The van der Waals surface area contributed by atoms with E-state index in [-0.39, 0.29) is 5.83 Å². The third-order valence-electron chi connectivity index (χ3n) is 1.57. The first-order valence-corrected chi connectivity index (χ1v) is 5.34. The van der Waals surface area contributed by atoms with Crippen molar-refractivity contribution in [3.8, 4) is 0 Å². The molecule has 0 amide bonds. The molecule has 0 unspecified atom stereocenters. The van der Waals surface area contributed by atoms with Gasteiger partial charge in [-0.15, -0.1) is 0 Å². The van der Waals surface area contributed by atoms with Crippen molar-refractivity contribution < 1.29 is 4.39 Å². The van der Waals surface area contributed by atoms with Crippen molar-refractivity contribution in [2.45, 2.75) is 39.0 Å². The Kier molecular flexibility index (Phi) is 8.36. The minimum absolute atomic E-state index is 0.0259. The lowest BCUT2D eigenvalue weighted by Crippen LogP contribution is -1.79. The molecular weight excluding hydrogens is 207 g/mol. The van der Waals surface area contributed by atoms with Gasteiger partial charge in [0.1, 0.15) is 0 Å². The topological polar surface area (TPSA) is 0 Å². The molecule has 0 aliphatic carbocycles. The molecule has 11 heavy (non-hydrogen) atoms. The first-order chi connectivity index (χ1) is 5.31. The minimum Gasteiger partial charge on any atom is -0.212 e. The Bertz CT molecular complexity index is 110. The van der Waals surface area contributed by atoms with Crippen LogP contribution in [0.15, 0.2) is 11.9 Å². The maximum absolute atomic E-state index is 12.7. The second-order valence-electron chi connectivity index (χ2n) is 2.62. The van der Waals surface area contributed by atoms with Crippen molar-refractivity contribution in [3.05, 3.63) is 11.9 Å². The van der Waals surface area contributed by atoms with E-state index in [1.165, 1.54) is 12.8 Å². The molecule has 0 nitrogen and oxygen atoms in total. The number of allylic oxidation sites excluding steroid dienone is 2. The Hall–Kier alpha value is 0.150. The molecule has 66 valence electrons. The molecule has 0 radical (unpaired) electrons. The normalized spacial score (nSPS) is 12.1. The van der Waals surface area contributed by atoms with Crippen molar-refractivity contribution in [1.82, 2.24) is 0 Å². The molecule has 0 fully saturated rings. The number of hydrogen-bond donors (Lipinski definition) is 0. The molecule has 2 heteroatoms. The standard InChI is InChI=1S/C9H16BrF/c1-2-3-4-5-6-9(11)7-8-10/h7H,2-6,8H2,1H3. The van der Waals surface area contributed by atoms with Crippen LogP contribution in [0.3, 0.4) is 0 Å². The number of hydrogen-bond acceptors (Lipinski definition) is 0. The quantitative estimate of drug-likeness (QED) is 0.467. The smallest absolute Gasteiger partial charge is 0.0968 e. The highest BCUT2D eigenvalue weighted by Crippen LogP contribution is 2.11. The van der Waals surface area contributed by atoms with Gasteiger partial charge < -0.3 is 0 Å². The molecule has 0 aromatic heterocycles. The molecule has 0 N–H and O–H groups in total. The van der Waals surface area contributed by atoms with Crippen LogP contribution in [-0.2, 0) is 0 Å². The number of unbranched alkanes of at least 4 members (excludes halogenated alkanes) is 3. The highest BCUT2D eigenvalue weighted by atomic mass is 79.9. The summed E-state index contributed by atoms with van der Waals surface area (Å²) in [6, 6.07) is 0. The van der Waals surface area contributed by atoms with E-state index < -0.39 is 0 Å². The molecule has 0 aliphatic heterocycles. The molecule has 0 saturated heterocycles. The molecule has 0 saturated carbocycles. The van der Waals surface area contributed by atoms with Gasteiger partial charge in [0.25, 0.3) is 0 Å². The first-order valence-electron chi connectivity index (χ1n) is 4.21. The van der Waals surface area contributed by atoms with Crippen molar-refractivity contribution in [2.24, 2.45) is 0 Å². The van der Waals surface area contributed by atoms with Gasteiger partial charge in [0.15, 0.2) is 0 Å². The van der Waals surface area contributed by atoms with E-state index >= 15 is 0 Å². The average molecular weight is 223 g/mol. The maximum atomic E-state index is 12.7. The zero-order valence-electron chi connectivity index (χ0n) is 7.08. The van der Waals surface area contributed by atoms with Crippen LogP contribution in [0.25, 0.3) is 0 Å². The maximum Gasteiger partial charge on any atom is 0.0968 e. The summed E-state index contributed by atoms with van der Waals surface area (Å²) < 4.78 is 12.7. The van der Waals surface area contributed by atoms with Crippen LogP contribution >= 0.6 is 15.9 Å². The van der Waals surface area contributed by atoms with Gasteiger partial charge in [-0.05, 0) is 18.9 Å². The van der Waals surface area contributed by atoms with Crippen molar-refractivity contribution >= 4 is 15.9 Å². The summed E-state index contributed by atoms with van der Waals surface area (Å²) >= 11 is 3.16. The number of halogens is 2. The summed E-state index contributed by atoms with van der Waals surface area (Å²) in [5.41, 5.74) is 0. The van der Waals surface area contributed by atoms with E-state index in [0.29, 0.717) is 11.8 Å². The molecule has 0 spiro atoms. The summed E-state index contributed by atoms with van der Waals surface area (Å²) in [6.45, 7) is 2.16. The van der Waals surface area contributed by atoms with Gasteiger partial charge >= 0.3 is 0 Å². The van der Waals surface area contributed by atoms with Gasteiger partial charge in [0.05, 0.1) is 5.83 Å². The van der Waals surface area contributed by atoms with Crippen LogP contribution in [-0.4, -0.2) is 5.33 Å². The second-order valence-corrected chi connectivity index (χ2v) is 3.26. The van der Waals surface area contributed by atoms with Crippen LogP contribution in [0.5, 0.6) is 0 Å². The lowest BCUT2D eigenvalue weighted by Gasteiger charge is -1.96. The highest BCUT2D eigenvalue weighted by Gasteiger charge is 1.93. The van der Waals surface area contributed by atoms with E-state index in [9.17, 15) is 4.39 Å². The fraction of sp³-hybridized carbons (Fsp3) is 0.778. The number of alkyl halides is 1. The van der Waals surface area contributed by atoms with E-state index in [2.05, 4.69) is 22.9 Å². The first kappa shape index (κ1) is 11.2. The van der Waals surface area contributed by atoms with Gasteiger partial charge in [-0.1, -0.05) is 42.1 Å². The Balaban J connectivity index is 3.17. The average Bonchev–Trinajstić information content (AvgIpc) is 1.99. The summed E-state index contributed by atoms with van der Waals surface area (Å²) in [5.74, 6) is 0.0259. The summed E-state index contributed by atoms with van der Waals surface area (Å²) in [7, 11) is 0. The molecule has 0 bridgehead atoms. The Morgan fingerprint density at radius 3 is 2.64 bits per heavy atom. The zero-order valence-corrected chi connectivity index (χ0v) is 8.66. The van der Waals surface area contributed by atoms with Crippen LogP contribution in [0.1, 0.15) is 39.0 Å². The lowest BCUT2D eigenvalue weighted by molar-refractivity contribution is 0.551. The molecule has 0 aromatic carbocycles. The number of rotatable bonds is 6. The summed E-state index contributed by atoms with van der Waals surface area (Å²) in [5, 5.41) is 0.632. The lowest BCUT2D eigenvalue weighted by atomic mass is 10.1.